The molecular formula is C129H81N9O3. The maximum absolute atomic E-state index is 6.51. The van der Waals surface area contributed by atoms with Crippen LogP contribution in [0.5, 0.6) is 0 Å². The number of fused-ring (bicyclic) bond motifs is 14. The van der Waals surface area contributed by atoms with Crippen LogP contribution in [0.3, 0.4) is 0 Å². The van der Waals surface area contributed by atoms with E-state index in [-0.39, 0.29) is 0 Å². The van der Waals surface area contributed by atoms with Gasteiger partial charge < -0.3 is 13.3 Å². The lowest BCUT2D eigenvalue weighted by Crippen LogP contribution is -2.01. The summed E-state index contributed by atoms with van der Waals surface area (Å²) in [6.45, 7) is 0. The van der Waals surface area contributed by atoms with Crippen LogP contribution in [0.2, 0.25) is 0 Å². The van der Waals surface area contributed by atoms with E-state index in [1.165, 1.54) is 37.7 Å². The van der Waals surface area contributed by atoms with Crippen LogP contribution in [0.1, 0.15) is 0 Å². The first-order valence-corrected chi connectivity index (χ1v) is 47.1. The van der Waals surface area contributed by atoms with Crippen molar-refractivity contribution < 1.29 is 13.3 Å². The number of para-hydroxylation sites is 1. The van der Waals surface area contributed by atoms with Crippen molar-refractivity contribution in [3.63, 3.8) is 0 Å². The first-order valence-electron chi connectivity index (χ1n) is 47.1. The SMILES string of the molecule is c1ccc(-c2nc(-c3ccccc3)nc(-c3ccccc3-c3ccc(-c4c5ccccc5cc5c4oc4ccccc45)cc3)n2)cc1.c1ccc(-c2nc(-c3ccccc3)nc(-c3ccccc3-c3ccc(-c4ccc5c(c4)oc4ccc6ccccc6c45)cc3)n2)cc1.c1ccc(-c2nc(-c3ccccc3)nc(-c3ccccc3-c3ccc(-c4ccc5oc6ccc7ccccc7c6c5c4)cc3)n2)cc1. The number of rotatable bonds is 15. The monoisotopic (exact) mass is 1800 g/mol. The van der Waals surface area contributed by atoms with Gasteiger partial charge in [-0.15, -0.1) is 0 Å². The summed E-state index contributed by atoms with van der Waals surface area (Å²) in [5.74, 6) is 5.79. The Kier molecular flexibility index (Phi) is 21.7. The van der Waals surface area contributed by atoms with E-state index in [0.29, 0.717) is 52.4 Å². The quantitative estimate of drug-likeness (QED) is 0.0959. The predicted octanol–water partition coefficient (Wildman–Crippen LogP) is 33.8. The molecule has 21 aromatic carbocycles. The molecule has 0 N–H and O–H groups in total. The highest BCUT2D eigenvalue weighted by Gasteiger charge is 2.24. The molecule has 12 heteroatoms. The summed E-state index contributed by atoms with van der Waals surface area (Å²) in [6.07, 6.45) is 0. The fourth-order valence-electron chi connectivity index (χ4n) is 19.3. The van der Waals surface area contributed by atoms with Gasteiger partial charge in [-0.25, -0.2) is 44.9 Å². The summed E-state index contributed by atoms with van der Waals surface area (Å²) in [4.78, 5) is 44.6. The molecular weight excluding hydrogens is 1720 g/mol. The highest BCUT2D eigenvalue weighted by atomic mass is 16.3. The zero-order chi connectivity index (χ0) is 93.5. The Balaban J connectivity index is 0.000000111. The first kappa shape index (κ1) is 83.6. The molecule has 27 aromatic rings. The van der Waals surface area contributed by atoms with Gasteiger partial charge in [0, 0.05) is 88.0 Å². The van der Waals surface area contributed by atoms with Gasteiger partial charge in [0.05, 0.1) is 0 Å². The van der Waals surface area contributed by atoms with Gasteiger partial charge in [-0.3, -0.25) is 0 Å². The zero-order valence-electron chi connectivity index (χ0n) is 76.0. The molecule has 0 fully saturated rings. The van der Waals surface area contributed by atoms with Crippen LogP contribution < -0.4 is 0 Å². The number of furan rings is 3. The molecule has 0 saturated carbocycles. The predicted molar refractivity (Wildman–Crippen MR) is 575 cm³/mol. The van der Waals surface area contributed by atoms with Crippen LogP contribution >= 0.6 is 0 Å². The van der Waals surface area contributed by atoms with E-state index >= 15 is 0 Å². The van der Waals surface area contributed by atoms with Gasteiger partial charge in [0.25, 0.3) is 0 Å². The molecule has 141 heavy (non-hydrogen) atoms. The van der Waals surface area contributed by atoms with E-state index in [1.807, 2.05) is 212 Å². The van der Waals surface area contributed by atoms with Crippen LogP contribution in [-0.2, 0) is 0 Å². The Morgan fingerprint density at radius 2 is 0.411 bits per heavy atom. The molecule has 0 radical (unpaired) electrons. The van der Waals surface area contributed by atoms with Crippen LogP contribution in [0, 0.1) is 0 Å². The molecule has 0 atom stereocenters. The van der Waals surface area contributed by atoms with Gasteiger partial charge in [-0.2, -0.15) is 0 Å². The highest BCUT2D eigenvalue weighted by Crippen LogP contribution is 2.46. The second kappa shape index (κ2) is 36.6. The van der Waals surface area contributed by atoms with Crippen molar-refractivity contribution in [2.45, 2.75) is 0 Å². The van der Waals surface area contributed by atoms with Crippen LogP contribution in [0.4, 0.5) is 0 Å². The second-order valence-corrected chi connectivity index (χ2v) is 34.9. The Morgan fingerprint density at radius 3 is 0.823 bits per heavy atom. The van der Waals surface area contributed by atoms with E-state index in [0.717, 1.165) is 177 Å². The number of hydrogen-bond donors (Lipinski definition) is 0. The van der Waals surface area contributed by atoms with Crippen molar-refractivity contribution in [1.29, 1.82) is 0 Å². The van der Waals surface area contributed by atoms with E-state index in [2.05, 4.69) is 279 Å². The normalized spacial score (nSPS) is 11.4. The van der Waals surface area contributed by atoms with Gasteiger partial charge >= 0.3 is 0 Å². The Labute approximate surface area is 811 Å². The largest absolute Gasteiger partial charge is 0.456 e. The molecule has 0 bridgehead atoms. The third-order valence-corrected chi connectivity index (χ3v) is 26.3. The van der Waals surface area contributed by atoms with Gasteiger partial charge in [-0.05, 0) is 142 Å². The topological polar surface area (TPSA) is 155 Å². The van der Waals surface area contributed by atoms with E-state index in [9.17, 15) is 0 Å². The van der Waals surface area contributed by atoms with Crippen molar-refractivity contribution in [3.8, 4) is 169 Å². The smallest absolute Gasteiger partial charge is 0.164 e. The minimum absolute atomic E-state index is 0.635. The van der Waals surface area contributed by atoms with Gasteiger partial charge in [0.15, 0.2) is 52.4 Å². The van der Waals surface area contributed by atoms with Gasteiger partial charge in [0.2, 0.25) is 0 Å². The van der Waals surface area contributed by atoms with Crippen molar-refractivity contribution in [1.82, 2.24) is 44.9 Å². The minimum Gasteiger partial charge on any atom is -0.456 e. The van der Waals surface area contributed by atoms with Crippen molar-refractivity contribution >= 4 is 98.1 Å². The fraction of sp³-hybridized carbons (Fsp3) is 0. The Hall–Kier alpha value is -19.2. The number of aromatic nitrogens is 9. The van der Waals surface area contributed by atoms with E-state index in [4.69, 9.17) is 58.1 Å². The van der Waals surface area contributed by atoms with Crippen LogP contribution in [0.25, 0.3) is 267 Å². The number of benzene rings is 21. The summed E-state index contributed by atoms with van der Waals surface area (Å²) >= 11 is 0. The van der Waals surface area contributed by atoms with Crippen LogP contribution in [0.15, 0.2) is 505 Å². The highest BCUT2D eigenvalue weighted by molar-refractivity contribution is 6.22. The lowest BCUT2D eigenvalue weighted by molar-refractivity contribution is 0.669. The molecule has 6 heterocycles. The average molecular weight is 1810 g/mol. The Morgan fingerprint density at radius 1 is 0.128 bits per heavy atom. The third kappa shape index (κ3) is 16.3. The molecule has 660 valence electrons. The molecule has 0 saturated heterocycles. The summed E-state index contributed by atoms with van der Waals surface area (Å²) in [5.41, 5.74) is 27.1. The average Bonchev–Trinajstić information content (AvgIpc) is 1.60. The van der Waals surface area contributed by atoms with Gasteiger partial charge in [-0.1, -0.05) is 443 Å². The lowest BCUT2D eigenvalue weighted by Gasteiger charge is -2.13. The van der Waals surface area contributed by atoms with E-state index < -0.39 is 0 Å². The summed E-state index contributed by atoms with van der Waals surface area (Å²) in [5, 5.41) is 14.0. The molecule has 0 aliphatic heterocycles. The molecule has 12 nitrogen and oxygen atoms in total. The van der Waals surface area contributed by atoms with Crippen LogP contribution in [-0.4, -0.2) is 44.9 Å². The van der Waals surface area contributed by atoms with E-state index in [1.54, 1.807) is 0 Å². The summed E-state index contributed by atoms with van der Waals surface area (Å²) in [6, 6.07) is 169. The van der Waals surface area contributed by atoms with Crippen molar-refractivity contribution in [2.24, 2.45) is 0 Å². The molecule has 0 aliphatic carbocycles. The maximum atomic E-state index is 6.51. The summed E-state index contributed by atoms with van der Waals surface area (Å²) in [7, 11) is 0. The molecule has 6 aromatic heterocycles. The molecule has 0 spiro atoms. The fourth-order valence-corrected chi connectivity index (χ4v) is 19.3. The molecule has 0 unspecified atom stereocenters. The molecule has 0 aliphatic rings. The first-order chi connectivity index (χ1) is 69.9. The summed E-state index contributed by atoms with van der Waals surface area (Å²) < 4.78 is 19.1. The minimum atomic E-state index is 0.635. The standard InChI is InChI=1S/3C43H27N3O/c1-3-13-30(14-4-1)41-44-42(31-15-5-2-6-16-31)46-43(45-41)36-21-10-9-18-33(36)28-23-25-29(26-24-28)39-34-19-8-7-17-32(34)27-37-35-20-11-12-22-38(35)47-40(37)39;1-3-12-31(13-4-1)41-44-42(32-14-5-2-6-15-32)46-43(45-41)36-18-10-9-16-34(36)30-21-19-28(20-22-30)33-24-25-38-37(27-33)40-35-17-8-7-11-29(35)23-26-39(40)47-38;1-3-12-31(13-4-1)41-44-42(32-14-5-2-6-15-32)46-43(45-41)36-18-10-9-16-34(36)30-21-19-28(20-22-30)33-23-25-37-39(27-33)47-38-26-24-29-11-7-8-17-35(29)40(37)38/h3*1-27H. The molecule has 27 rings (SSSR count). The number of hydrogen-bond acceptors (Lipinski definition) is 12. The maximum Gasteiger partial charge on any atom is 0.164 e. The third-order valence-electron chi connectivity index (χ3n) is 26.3. The number of nitrogens with zero attached hydrogens (tertiary/aromatic N) is 9. The van der Waals surface area contributed by atoms with Crippen molar-refractivity contribution in [2.75, 3.05) is 0 Å². The molecule has 0 amide bonds. The van der Waals surface area contributed by atoms with Crippen molar-refractivity contribution in [3.05, 3.63) is 491 Å². The van der Waals surface area contributed by atoms with Gasteiger partial charge in [0.1, 0.15) is 33.5 Å². The lowest BCUT2D eigenvalue weighted by atomic mass is 9.93. The zero-order valence-corrected chi connectivity index (χ0v) is 76.0. The second-order valence-electron chi connectivity index (χ2n) is 34.9. The Bertz CT molecular complexity index is 9210.